The van der Waals surface area contributed by atoms with Crippen molar-refractivity contribution >= 4 is 15.6 Å². The normalized spacial score (nSPS) is 14.1. The van der Waals surface area contributed by atoms with Crippen molar-refractivity contribution in [1.82, 2.24) is 0 Å². The van der Waals surface area contributed by atoms with Crippen molar-refractivity contribution < 1.29 is 46.5 Å². The average Bonchev–Trinajstić information content (AvgIpc) is 3.08. The Labute approximate surface area is 383 Å². The Morgan fingerprint density at radius 1 is 0.391 bits per heavy atom. The second-order valence-corrected chi connectivity index (χ2v) is 24.2. The molecule has 1 aliphatic carbocycles. The Morgan fingerprint density at radius 3 is 0.750 bits per heavy atom. The van der Waals surface area contributed by atoms with Crippen LogP contribution in [0.5, 0.6) is 23.0 Å². The molecule has 1 aliphatic rings. The van der Waals surface area contributed by atoms with Crippen molar-refractivity contribution in [3.63, 3.8) is 0 Å². The van der Waals surface area contributed by atoms with Gasteiger partial charge in [0.2, 0.25) is 0 Å². The maximum Gasteiger partial charge on any atom is 0.530 e. The van der Waals surface area contributed by atoms with E-state index in [1.54, 1.807) is 27.7 Å². The van der Waals surface area contributed by atoms with Gasteiger partial charge in [0.1, 0.15) is 23.0 Å². The highest BCUT2D eigenvalue weighted by Crippen LogP contribution is 2.53. The van der Waals surface area contributed by atoms with Crippen molar-refractivity contribution in [3.05, 3.63) is 115 Å². The van der Waals surface area contributed by atoms with E-state index in [0.717, 1.165) is 66.8 Å². The molecule has 4 aromatic rings. The Hall–Kier alpha value is -3.62. The molecule has 5 rings (SSSR count). The van der Waals surface area contributed by atoms with Crippen LogP contribution in [-0.4, -0.2) is 36.6 Å². The number of aromatic hydroxyl groups is 2. The van der Waals surface area contributed by atoms with Crippen molar-refractivity contribution in [2.75, 3.05) is 26.4 Å². The zero-order valence-corrected chi connectivity index (χ0v) is 43.1. The van der Waals surface area contributed by atoms with Crippen molar-refractivity contribution in [2.24, 2.45) is 0 Å². The van der Waals surface area contributed by atoms with Gasteiger partial charge in [-0.3, -0.25) is 18.1 Å². The summed E-state index contributed by atoms with van der Waals surface area (Å²) in [4.78, 5) is 0. The highest BCUT2D eigenvalue weighted by Gasteiger charge is 2.35. The molecule has 0 aromatic heterocycles. The summed E-state index contributed by atoms with van der Waals surface area (Å²) >= 11 is 0. The van der Waals surface area contributed by atoms with Gasteiger partial charge in [-0.15, -0.1) is 0 Å². The fourth-order valence-corrected chi connectivity index (χ4v) is 12.3. The van der Waals surface area contributed by atoms with E-state index < -0.39 is 26.5 Å². The summed E-state index contributed by atoms with van der Waals surface area (Å²) in [5, 5.41) is 23.4. The molecule has 0 amide bonds. The predicted molar refractivity (Wildman–Crippen MR) is 258 cm³/mol. The summed E-state index contributed by atoms with van der Waals surface area (Å²) in [7, 11) is -8.02. The SMILES string of the molecule is CCOP(=O)(OCC)Oc1cc2c(C(C)(C)C)c(c1)Cc1cc(O)cc(c1C(C)(C)C)Cc1cc(OP(=O)(OCC)OCC)cc(c1C(C)(C)C)Cc1cc(O)cc(c1C(C)(C)C)C2. The summed E-state index contributed by atoms with van der Waals surface area (Å²) in [5.74, 6) is 0.939. The molecule has 8 bridgehead atoms. The summed E-state index contributed by atoms with van der Waals surface area (Å²) in [6.45, 7) is 33.7. The lowest BCUT2D eigenvalue weighted by Crippen LogP contribution is -2.23. The molecule has 0 aliphatic heterocycles. The lowest BCUT2D eigenvalue weighted by Gasteiger charge is -2.33. The van der Waals surface area contributed by atoms with Gasteiger partial charge in [-0.2, -0.15) is 0 Å². The van der Waals surface area contributed by atoms with Crippen LogP contribution >= 0.6 is 15.6 Å². The van der Waals surface area contributed by atoms with Crippen molar-refractivity contribution in [1.29, 1.82) is 0 Å². The van der Waals surface area contributed by atoms with Crippen LogP contribution in [-0.2, 0) is 74.6 Å². The molecule has 0 saturated carbocycles. The number of phosphoric acid groups is 2. The molecule has 2 N–H and O–H groups in total. The number of phosphoric ester groups is 2. The first-order chi connectivity index (χ1) is 29.5. The Bertz CT molecular complexity index is 2140. The fourth-order valence-electron chi connectivity index (χ4n) is 9.94. The molecule has 0 radical (unpaired) electrons. The zero-order chi connectivity index (χ0) is 47.8. The minimum absolute atomic E-state index is 0.128. The first-order valence-electron chi connectivity index (χ1n) is 22.7. The second kappa shape index (κ2) is 19.3. The molecule has 4 aromatic carbocycles. The molecule has 0 atom stereocenters. The number of rotatable bonds is 12. The van der Waals surface area contributed by atoms with Gasteiger partial charge in [-0.25, -0.2) is 9.13 Å². The first-order valence-corrected chi connectivity index (χ1v) is 25.7. The standard InChI is InChI=1S/C52H74O10P2/c1-17-57-63(55,58-18-2)61-43-29-37-21-33-25-41(53)27-35(45(33)49(5,6)7)23-39-31-44(62-64(56,59-19-3)60-20-4)32-40(48(39)52(14,15)16)24-36-28-42(54)26-34(46(36)50(8,9)10)22-38(30-43)47(37)51(11,12)13/h25-32,53-54H,17-24H2,1-16H3. The lowest BCUT2D eigenvalue weighted by atomic mass is 9.71. The number of phenolic OH excluding ortho intramolecular Hbond substituents is 2. The first kappa shape index (κ1) is 51.4. The van der Waals surface area contributed by atoms with Crippen LogP contribution in [0.15, 0.2) is 48.5 Å². The van der Waals surface area contributed by atoms with Crippen LogP contribution in [0.4, 0.5) is 0 Å². The predicted octanol–water partition coefficient (Wildman–Crippen LogP) is 14.1. The smallest absolute Gasteiger partial charge is 0.508 e. The van der Waals surface area contributed by atoms with Gasteiger partial charge >= 0.3 is 15.6 Å². The van der Waals surface area contributed by atoms with E-state index in [9.17, 15) is 19.3 Å². The molecular weight excluding hydrogens is 847 g/mol. The summed E-state index contributed by atoms with van der Waals surface area (Å²) in [5.41, 5.74) is 10.2. The molecule has 0 heterocycles. The maximum absolute atomic E-state index is 14.0. The lowest BCUT2D eigenvalue weighted by molar-refractivity contribution is 0.166. The highest BCUT2D eigenvalue weighted by molar-refractivity contribution is 7.49. The molecule has 0 saturated heterocycles. The van der Waals surface area contributed by atoms with E-state index in [2.05, 4.69) is 83.1 Å². The minimum atomic E-state index is -4.01. The van der Waals surface area contributed by atoms with Gasteiger partial charge in [-0.1, -0.05) is 83.1 Å². The number of fused-ring (bicyclic) bond motifs is 8. The average molecular weight is 921 g/mol. The van der Waals surface area contributed by atoms with Gasteiger partial charge in [0.25, 0.3) is 0 Å². The van der Waals surface area contributed by atoms with Gasteiger partial charge < -0.3 is 19.3 Å². The van der Waals surface area contributed by atoms with Gasteiger partial charge in [0.05, 0.1) is 26.4 Å². The molecule has 352 valence electrons. The van der Waals surface area contributed by atoms with Crippen molar-refractivity contribution in [2.45, 2.75) is 158 Å². The summed E-state index contributed by atoms with van der Waals surface area (Å²) in [6, 6.07) is 15.2. The zero-order valence-electron chi connectivity index (χ0n) is 41.3. The molecule has 0 unspecified atom stereocenters. The van der Waals surface area contributed by atoms with Crippen LogP contribution in [0.25, 0.3) is 0 Å². The third kappa shape index (κ3) is 12.0. The maximum atomic E-state index is 14.0. The topological polar surface area (TPSA) is 130 Å². The van der Waals surface area contributed by atoms with E-state index in [0.29, 0.717) is 37.2 Å². The van der Waals surface area contributed by atoms with E-state index in [-0.39, 0.29) is 48.8 Å². The molecule has 0 spiro atoms. The third-order valence-corrected chi connectivity index (χ3v) is 14.4. The van der Waals surface area contributed by atoms with E-state index in [1.807, 2.05) is 48.5 Å². The Balaban J connectivity index is 2.00. The van der Waals surface area contributed by atoms with Crippen LogP contribution < -0.4 is 9.05 Å². The Kier molecular flexibility index (Phi) is 15.5. The number of hydrogen-bond donors (Lipinski definition) is 2. The van der Waals surface area contributed by atoms with E-state index >= 15 is 0 Å². The van der Waals surface area contributed by atoms with Gasteiger partial charge in [0, 0.05) is 0 Å². The van der Waals surface area contributed by atoms with Crippen LogP contribution in [0.3, 0.4) is 0 Å². The van der Waals surface area contributed by atoms with E-state index in [4.69, 9.17) is 27.1 Å². The third-order valence-electron chi connectivity index (χ3n) is 11.2. The number of benzene rings is 4. The summed E-state index contributed by atoms with van der Waals surface area (Å²) in [6.07, 6.45) is 1.62. The number of hydrogen-bond acceptors (Lipinski definition) is 10. The quantitative estimate of drug-likeness (QED) is 0.117. The highest BCUT2D eigenvalue weighted by atomic mass is 31.2. The number of phenols is 2. The molecule has 12 heteroatoms. The fraction of sp³-hybridized carbons (Fsp3) is 0.538. The minimum Gasteiger partial charge on any atom is -0.508 e. The Morgan fingerprint density at radius 2 is 0.578 bits per heavy atom. The van der Waals surface area contributed by atoms with Gasteiger partial charge in [0.15, 0.2) is 0 Å². The largest absolute Gasteiger partial charge is 0.530 e. The molecule has 10 nitrogen and oxygen atoms in total. The molecule has 64 heavy (non-hydrogen) atoms. The molecular formula is C52H74O10P2. The second-order valence-electron chi connectivity index (χ2n) is 21.0. The van der Waals surface area contributed by atoms with Crippen LogP contribution in [0.1, 0.15) is 178 Å². The van der Waals surface area contributed by atoms with Crippen LogP contribution in [0.2, 0.25) is 0 Å². The van der Waals surface area contributed by atoms with E-state index in [1.165, 1.54) is 0 Å². The summed E-state index contributed by atoms with van der Waals surface area (Å²) < 4.78 is 63.2. The van der Waals surface area contributed by atoms with Gasteiger partial charge in [-0.05, 0) is 190 Å². The van der Waals surface area contributed by atoms with Crippen molar-refractivity contribution in [3.8, 4) is 23.0 Å². The van der Waals surface area contributed by atoms with Crippen LogP contribution in [0, 0.1) is 0 Å². The monoisotopic (exact) mass is 920 g/mol. The molecule has 0 fully saturated rings.